The van der Waals surface area contributed by atoms with Crippen LogP contribution in [0.25, 0.3) is 0 Å². The molecule has 1 atom stereocenters. The lowest BCUT2D eigenvalue weighted by atomic mass is 10.1. The Labute approximate surface area is 197 Å². The predicted octanol–water partition coefficient (Wildman–Crippen LogP) is 3.27. The zero-order valence-corrected chi connectivity index (χ0v) is 20.9. The van der Waals surface area contributed by atoms with E-state index in [-0.39, 0.29) is 5.91 Å². The maximum absolute atomic E-state index is 12.1. The SMILES string of the molecule is CNC(=O)c1ccc(C)c(Nc2nc(NC3CCN(C(C)C)C3)nc(N(C)CC(C)C)n2)c1. The lowest BCUT2D eigenvalue weighted by molar-refractivity contribution is 0.0963. The van der Waals surface area contributed by atoms with Crippen LogP contribution in [0.15, 0.2) is 18.2 Å². The van der Waals surface area contributed by atoms with Crippen LogP contribution in [0.5, 0.6) is 0 Å². The van der Waals surface area contributed by atoms with E-state index in [1.54, 1.807) is 7.05 Å². The summed E-state index contributed by atoms with van der Waals surface area (Å²) in [6, 6.07) is 6.36. The van der Waals surface area contributed by atoms with Crippen molar-refractivity contribution in [2.24, 2.45) is 5.92 Å². The first kappa shape index (κ1) is 24.7. The van der Waals surface area contributed by atoms with Crippen molar-refractivity contribution in [2.75, 3.05) is 49.3 Å². The van der Waals surface area contributed by atoms with Gasteiger partial charge in [0.1, 0.15) is 0 Å². The Morgan fingerprint density at radius 3 is 2.55 bits per heavy atom. The molecule has 1 saturated heterocycles. The summed E-state index contributed by atoms with van der Waals surface area (Å²) in [5.74, 6) is 1.97. The second kappa shape index (κ2) is 10.8. The first-order chi connectivity index (χ1) is 15.7. The Balaban J connectivity index is 1.89. The van der Waals surface area contributed by atoms with Crippen LogP contribution >= 0.6 is 0 Å². The van der Waals surface area contributed by atoms with Gasteiger partial charge in [-0.25, -0.2) is 0 Å². The summed E-state index contributed by atoms with van der Waals surface area (Å²) in [6.07, 6.45) is 1.05. The zero-order valence-electron chi connectivity index (χ0n) is 20.9. The number of aryl methyl sites for hydroxylation is 1. The number of rotatable bonds is 9. The molecule has 9 heteroatoms. The van der Waals surface area contributed by atoms with Crippen molar-refractivity contribution in [3.8, 4) is 0 Å². The van der Waals surface area contributed by atoms with E-state index in [9.17, 15) is 4.79 Å². The van der Waals surface area contributed by atoms with Crippen LogP contribution in [0.3, 0.4) is 0 Å². The van der Waals surface area contributed by atoms with Gasteiger partial charge in [-0.15, -0.1) is 0 Å². The van der Waals surface area contributed by atoms with E-state index in [0.29, 0.717) is 41.4 Å². The largest absolute Gasteiger partial charge is 0.355 e. The van der Waals surface area contributed by atoms with E-state index in [1.165, 1.54) is 0 Å². The minimum Gasteiger partial charge on any atom is -0.355 e. The first-order valence-corrected chi connectivity index (χ1v) is 11.7. The van der Waals surface area contributed by atoms with Crippen molar-refractivity contribution in [1.29, 1.82) is 0 Å². The molecule has 0 radical (unpaired) electrons. The number of carbonyl (C=O) groups is 1. The highest BCUT2D eigenvalue weighted by atomic mass is 16.1. The number of nitrogens with one attached hydrogen (secondary N) is 3. The Morgan fingerprint density at radius 1 is 1.18 bits per heavy atom. The number of likely N-dealkylation sites (tertiary alicyclic amines) is 1. The van der Waals surface area contributed by atoms with Crippen molar-refractivity contribution < 1.29 is 4.79 Å². The van der Waals surface area contributed by atoms with Crippen molar-refractivity contribution >= 4 is 29.4 Å². The second-order valence-electron chi connectivity index (χ2n) is 9.51. The zero-order chi connectivity index (χ0) is 24.1. The van der Waals surface area contributed by atoms with Gasteiger partial charge >= 0.3 is 0 Å². The molecule has 1 aliphatic rings. The standard InChI is InChI=1S/C24H38N8O/c1-15(2)13-31(7)24-29-22(26-19-10-11-32(14-19)16(3)4)28-23(30-24)27-20-12-18(21(33)25-6)9-8-17(20)5/h8-9,12,15-16,19H,10-11,13-14H2,1-7H3,(H,25,33)(H2,26,27,28,29,30). The molecule has 180 valence electrons. The number of hydrogen-bond acceptors (Lipinski definition) is 8. The molecule has 1 aliphatic heterocycles. The Kier molecular flexibility index (Phi) is 8.07. The molecule has 1 amide bonds. The summed E-state index contributed by atoms with van der Waals surface area (Å²) < 4.78 is 0. The third-order valence-corrected chi connectivity index (χ3v) is 5.86. The molecule has 33 heavy (non-hydrogen) atoms. The molecule has 2 aromatic rings. The number of hydrogen-bond donors (Lipinski definition) is 3. The van der Waals surface area contributed by atoms with Gasteiger partial charge in [0.15, 0.2) is 0 Å². The third kappa shape index (κ3) is 6.54. The predicted molar refractivity (Wildman–Crippen MR) is 135 cm³/mol. The Morgan fingerprint density at radius 2 is 1.91 bits per heavy atom. The molecule has 0 bridgehead atoms. The van der Waals surface area contributed by atoms with Crippen LogP contribution in [0, 0.1) is 12.8 Å². The summed E-state index contributed by atoms with van der Waals surface area (Å²) in [7, 11) is 3.62. The molecular formula is C24H38N8O. The minimum absolute atomic E-state index is 0.135. The molecule has 3 rings (SSSR count). The second-order valence-corrected chi connectivity index (χ2v) is 9.51. The number of aromatic nitrogens is 3. The molecule has 3 N–H and O–H groups in total. The molecule has 9 nitrogen and oxygen atoms in total. The van der Waals surface area contributed by atoms with E-state index in [1.807, 2.05) is 37.1 Å². The fourth-order valence-electron chi connectivity index (χ4n) is 4.00. The van der Waals surface area contributed by atoms with Crippen LogP contribution in [-0.2, 0) is 0 Å². The van der Waals surface area contributed by atoms with Gasteiger partial charge in [-0.05, 0) is 50.8 Å². The van der Waals surface area contributed by atoms with Gasteiger partial charge in [-0.1, -0.05) is 19.9 Å². The van der Waals surface area contributed by atoms with Crippen molar-refractivity contribution in [3.63, 3.8) is 0 Å². The minimum atomic E-state index is -0.135. The summed E-state index contributed by atoms with van der Waals surface area (Å²) in [5.41, 5.74) is 2.37. The number of nitrogens with zero attached hydrogens (tertiary/aromatic N) is 5. The van der Waals surface area contributed by atoms with Crippen LogP contribution in [0.2, 0.25) is 0 Å². The summed E-state index contributed by atoms with van der Waals surface area (Å²) in [5, 5.41) is 9.50. The lowest BCUT2D eigenvalue weighted by Gasteiger charge is -2.22. The molecule has 1 aromatic heterocycles. The van der Waals surface area contributed by atoms with Gasteiger partial charge < -0.3 is 20.9 Å². The maximum atomic E-state index is 12.1. The van der Waals surface area contributed by atoms with Gasteiger partial charge in [0, 0.05) is 57.1 Å². The van der Waals surface area contributed by atoms with Crippen molar-refractivity contribution in [3.05, 3.63) is 29.3 Å². The van der Waals surface area contributed by atoms with E-state index >= 15 is 0 Å². The van der Waals surface area contributed by atoms with Crippen molar-refractivity contribution in [1.82, 2.24) is 25.2 Å². The van der Waals surface area contributed by atoms with Gasteiger partial charge in [0.05, 0.1) is 0 Å². The average molecular weight is 455 g/mol. The number of carbonyl (C=O) groups excluding carboxylic acids is 1. The molecule has 1 unspecified atom stereocenters. The van der Waals surface area contributed by atoms with Gasteiger partial charge in [-0.2, -0.15) is 15.0 Å². The summed E-state index contributed by atoms with van der Waals surface area (Å²) in [6.45, 7) is 13.6. The fraction of sp³-hybridized carbons (Fsp3) is 0.583. The molecule has 1 aromatic carbocycles. The van der Waals surface area contributed by atoms with E-state index in [0.717, 1.165) is 37.3 Å². The van der Waals surface area contributed by atoms with Gasteiger partial charge in [0.25, 0.3) is 5.91 Å². The Hall–Kier alpha value is -2.94. The third-order valence-electron chi connectivity index (χ3n) is 5.86. The number of amides is 1. The highest BCUT2D eigenvalue weighted by Crippen LogP contribution is 2.23. The number of benzene rings is 1. The van der Waals surface area contributed by atoms with Crippen LogP contribution in [0.1, 0.15) is 50.0 Å². The maximum Gasteiger partial charge on any atom is 0.251 e. The average Bonchev–Trinajstić information content (AvgIpc) is 3.23. The van der Waals surface area contributed by atoms with E-state index in [4.69, 9.17) is 4.98 Å². The van der Waals surface area contributed by atoms with Crippen LogP contribution < -0.4 is 20.9 Å². The monoisotopic (exact) mass is 454 g/mol. The number of anilines is 4. The summed E-state index contributed by atoms with van der Waals surface area (Å²) >= 11 is 0. The molecule has 0 saturated carbocycles. The summed E-state index contributed by atoms with van der Waals surface area (Å²) in [4.78, 5) is 30.7. The van der Waals surface area contributed by atoms with Gasteiger partial charge in [0.2, 0.25) is 17.8 Å². The topological polar surface area (TPSA) is 98.3 Å². The fourth-order valence-corrected chi connectivity index (χ4v) is 4.00. The van der Waals surface area contributed by atoms with Crippen LogP contribution in [-0.4, -0.2) is 71.6 Å². The van der Waals surface area contributed by atoms with Crippen LogP contribution in [0.4, 0.5) is 23.5 Å². The Bertz CT molecular complexity index is 961. The lowest BCUT2D eigenvalue weighted by Crippen LogP contribution is -2.32. The molecule has 0 spiro atoms. The molecular weight excluding hydrogens is 416 g/mol. The van der Waals surface area contributed by atoms with E-state index in [2.05, 4.69) is 58.5 Å². The first-order valence-electron chi connectivity index (χ1n) is 11.7. The smallest absolute Gasteiger partial charge is 0.251 e. The highest BCUT2D eigenvalue weighted by molar-refractivity contribution is 5.95. The highest BCUT2D eigenvalue weighted by Gasteiger charge is 2.25. The van der Waals surface area contributed by atoms with Gasteiger partial charge in [-0.3, -0.25) is 9.69 Å². The van der Waals surface area contributed by atoms with E-state index < -0.39 is 0 Å². The molecule has 0 aliphatic carbocycles. The quantitative estimate of drug-likeness (QED) is 0.531. The normalized spacial score (nSPS) is 16.3. The van der Waals surface area contributed by atoms with Crippen molar-refractivity contribution in [2.45, 2.75) is 53.1 Å². The molecule has 1 fully saturated rings. The molecule has 2 heterocycles.